The Morgan fingerprint density at radius 3 is 2.65 bits per heavy atom. The molecule has 1 unspecified atom stereocenters. The summed E-state index contributed by atoms with van der Waals surface area (Å²) in [5.41, 5.74) is 0.897. The van der Waals surface area contributed by atoms with E-state index in [0.29, 0.717) is 13.2 Å². The molecule has 0 saturated heterocycles. The molecule has 0 aliphatic carbocycles. The molecule has 0 aliphatic heterocycles. The highest BCUT2D eigenvalue weighted by molar-refractivity contribution is 7.08. The summed E-state index contributed by atoms with van der Waals surface area (Å²) in [7, 11) is 0. The molecular weight excluding hydrogens is 312 g/mol. The van der Waals surface area contributed by atoms with Gasteiger partial charge >= 0.3 is 6.03 Å². The zero-order valence-corrected chi connectivity index (χ0v) is 14.2. The van der Waals surface area contributed by atoms with Gasteiger partial charge in [0.15, 0.2) is 0 Å². The molecule has 23 heavy (non-hydrogen) atoms. The Bertz CT molecular complexity index is 609. The predicted molar refractivity (Wildman–Crippen MR) is 92.0 cm³/mol. The van der Waals surface area contributed by atoms with Crippen molar-refractivity contribution in [3.63, 3.8) is 0 Å². The molecule has 0 bridgehead atoms. The number of nitrogens with one attached hydrogen (secondary N) is 2. The van der Waals surface area contributed by atoms with Gasteiger partial charge in [0.25, 0.3) is 0 Å². The van der Waals surface area contributed by atoms with Crippen LogP contribution in [0, 0.1) is 6.92 Å². The average molecular weight is 334 g/mol. The second kappa shape index (κ2) is 7.99. The molecule has 3 N–H and O–H groups in total. The first-order chi connectivity index (χ1) is 11.0. The summed E-state index contributed by atoms with van der Waals surface area (Å²) in [6.45, 7) is 4.61. The first-order valence-electron chi connectivity index (χ1n) is 7.43. The van der Waals surface area contributed by atoms with Crippen molar-refractivity contribution in [2.45, 2.75) is 19.4 Å². The van der Waals surface area contributed by atoms with E-state index < -0.39 is 5.60 Å². The monoisotopic (exact) mass is 334 g/mol. The van der Waals surface area contributed by atoms with Gasteiger partial charge in [-0.05, 0) is 48.4 Å². The van der Waals surface area contributed by atoms with Gasteiger partial charge in [-0.3, -0.25) is 0 Å². The molecular formula is C17H22N2O3S. The molecule has 0 spiro atoms. The number of urea groups is 1. The van der Waals surface area contributed by atoms with Crippen molar-refractivity contribution in [1.29, 1.82) is 0 Å². The lowest BCUT2D eigenvalue weighted by Crippen LogP contribution is -2.44. The topological polar surface area (TPSA) is 70.6 Å². The maximum atomic E-state index is 11.7. The molecule has 6 heteroatoms. The molecule has 1 atom stereocenters. The van der Waals surface area contributed by atoms with Crippen LogP contribution in [0.15, 0.2) is 41.1 Å². The highest BCUT2D eigenvalue weighted by atomic mass is 32.1. The molecule has 2 amide bonds. The van der Waals surface area contributed by atoms with Gasteiger partial charge in [0.05, 0.1) is 13.1 Å². The summed E-state index contributed by atoms with van der Waals surface area (Å²) >= 11 is 1.51. The van der Waals surface area contributed by atoms with Crippen LogP contribution in [0.4, 0.5) is 4.79 Å². The fourth-order valence-electron chi connectivity index (χ4n) is 1.96. The van der Waals surface area contributed by atoms with Crippen LogP contribution in [-0.4, -0.2) is 30.8 Å². The van der Waals surface area contributed by atoms with Gasteiger partial charge in [0, 0.05) is 0 Å². The maximum absolute atomic E-state index is 11.7. The quantitative estimate of drug-likeness (QED) is 0.682. The molecule has 0 aliphatic rings. The van der Waals surface area contributed by atoms with E-state index in [4.69, 9.17) is 4.74 Å². The summed E-state index contributed by atoms with van der Waals surface area (Å²) in [6, 6.07) is 9.26. The first kappa shape index (κ1) is 17.3. The molecule has 1 heterocycles. The third-order valence-electron chi connectivity index (χ3n) is 3.41. The van der Waals surface area contributed by atoms with Crippen LogP contribution >= 0.6 is 11.3 Å². The van der Waals surface area contributed by atoms with Crippen LogP contribution < -0.4 is 15.4 Å². The van der Waals surface area contributed by atoms with Crippen LogP contribution in [0.1, 0.15) is 18.1 Å². The van der Waals surface area contributed by atoms with Crippen molar-refractivity contribution in [2.24, 2.45) is 0 Å². The smallest absolute Gasteiger partial charge is 0.315 e. The van der Waals surface area contributed by atoms with Crippen LogP contribution in [0.3, 0.4) is 0 Å². The van der Waals surface area contributed by atoms with Gasteiger partial charge in [-0.25, -0.2) is 4.79 Å². The zero-order chi connectivity index (χ0) is 16.7. The maximum Gasteiger partial charge on any atom is 0.315 e. The van der Waals surface area contributed by atoms with E-state index in [1.54, 1.807) is 6.92 Å². The van der Waals surface area contributed by atoms with E-state index in [1.165, 1.54) is 16.9 Å². The number of rotatable bonds is 7. The minimum Gasteiger partial charge on any atom is -0.492 e. The third-order valence-corrected chi connectivity index (χ3v) is 4.10. The van der Waals surface area contributed by atoms with Crippen molar-refractivity contribution in [3.05, 3.63) is 52.2 Å². The van der Waals surface area contributed by atoms with Crippen molar-refractivity contribution < 1.29 is 14.6 Å². The van der Waals surface area contributed by atoms with Crippen molar-refractivity contribution in [3.8, 4) is 5.75 Å². The normalized spacial score (nSPS) is 13.2. The Morgan fingerprint density at radius 1 is 1.26 bits per heavy atom. The fourth-order valence-corrected chi connectivity index (χ4v) is 2.74. The van der Waals surface area contributed by atoms with E-state index in [-0.39, 0.29) is 12.6 Å². The largest absolute Gasteiger partial charge is 0.492 e. The predicted octanol–water partition coefficient (Wildman–Crippen LogP) is 2.64. The number of benzene rings is 1. The highest BCUT2D eigenvalue weighted by Crippen LogP contribution is 2.21. The molecule has 1 aromatic heterocycles. The van der Waals surface area contributed by atoms with Gasteiger partial charge in [0.2, 0.25) is 0 Å². The highest BCUT2D eigenvalue weighted by Gasteiger charge is 2.23. The van der Waals surface area contributed by atoms with Crippen molar-refractivity contribution in [2.75, 3.05) is 19.7 Å². The van der Waals surface area contributed by atoms with E-state index in [1.807, 2.05) is 48.0 Å². The Labute approximate surface area is 140 Å². The Balaban J connectivity index is 1.64. The van der Waals surface area contributed by atoms with Crippen LogP contribution in [0.5, 0.6) is 5.75 Å². The van der Waals surface area contributed by atoms with Crippen LogP contribution in [0.25, 0.3) is 0 Å². The minimum atomic E-state index is -1.07. The number of carbonyl (C=O) groups is 1. The number of amides is 2. The summed E-state index contributed by atoms with van der Waals surface area (Å²) in [4.78, 5) is 11.7. The lowest BCUT2D eigenvalue weighted by molar-refractivity contribution is 0.0598. The van der Waals surface area contributed by atoms with E-state index >= 15 is 0 Å². The number of aliphatic hydroxyl groups is 1. The lowest BCUT2D eigenvalue weighted by Gasteiger charge is -2.22. The van der Waals surface area contributed by atoms with Gasteiger partial charge in [-0.2, -0.15) is 11.3 Å². The van der Waals surface area contributed by atoms with E-state index in [0.717, 1.165) is 11.3 Å². The Hall–Kier alpha value is -2.05. The second-order valence-corrected chi connectivity index (χ2v) is 6.34. The van der Waals surface area contributed by atoms with Gasteiger partial charge in [-0.15, -0.1) is 0 Å². The number of carbonyl (C=O) groups excluding carboxylic acids is 1. The van der Waals surface area contributed by atoms with Gasteiger partial charge in [0.1, 0.15) is 18.0 Å². The number of hydrogen-bond acceptors (Lipinski definition) is 4. The van der Waals surface area contributed by atoms with E-state index in [2.05, 4.69) is 10.6 Å². The minimum absolute atomic E-state index is 0.147. The summed E-state index contributed by atoms with van der Waals surface area (Å²) in [5.74, 6) is 0.776. The van der Waals surface area contributed by atoms with Crippen molar-refractivity contribution >= 4 is 17.4 Å². The molecule has 5 nitrogen and oxygen atoms in total. The SMILES string of the molecule is Cc1ccc(OCCNC(=O)NCC(C)(O)c2ccsc2)cc1. The molecule has 2 aromatic rings. The third kappa shape index (κ3) is 5.58. The van der Waals surface area contributed by atoms with Crippen LogP contribution in [0.2, 0.25) is 0 Å². The Morgan fingerprint density at radius 2 is 2.00 bits per heavy atom. The summed E-state index contributed by atoms with van der Waals surface area (Å²) in [5, 5.41) is 19.4. The zero-order valence-electron chi connectivity index (χ0n) is 13.3. The van der Waals surface area contributed by atoms with Gasteiger partial charge in [-0.1, -0.05) is 17.7 Å². The number of aryl methyl sites for hydroxylation is 1. The van der Waals surface area contributed by atoms with Crippen LogP contribution in [-0.2, 0) is 5.60 Å². The Kier molecular flexibility index (Phi) is 6.01. The molecule has 1 aromatic carbocycles. The first-order valence-corrected chi connectivity index (χ1v) is 8.38. The molecule has 0 radical (unpaired) electrons. The van der Waals surface area contributed by atoms with Crippen molar-refractivity contribution in [1.82, 2.24) is 10.6 Å². The number of hydrogen-bond donors (Lipinski definition) is 3. The standard InChI is InChI=1S/C17H22N2O3S/c1-13-3-5-15(6-4-13)22-9-8-18-16(20)19-12-17(2,21)14-7-10-23-11-14/h3-7,10-11,21H,8-9,12H2,1-2H3,(H2,18,19,20). The lowest BCUT2D eigenvalue weighted by atomic mass is 9.99. The number of ether oxygens (including phenoxy) is 1. The summed E-state index contributed by atoms with van der Waals surface area (Å²) in [6.07, 6.45) is 0. The number of thiophene rings is 1. The fraction of sp³-hybridized carbons (Fsp3) is 0.353. The summed E-state index contributed by atoms with van der Waals surface area (Å²) < 4.78 is 5.53. The van der Waals surface area contributed by atoms with E-state index in [9.17, 15) is 9.90 Å². The van der Waals surface area contributed by atoms with Gasteiger partial charge < -0.3 is 20.5 Å². The molecule has 0 fully saturated rings. The molecule has 2 rings (SSSR count). The average Bonchev–Trinajstić information content (AvgIpc) is 3.07. The second-order valence-electron chi connectivity index (χ2n) is 5.56. The molecule has 0 saturated carbocycles. The molecule has 124 valence electrons.